The van der Waals surface area contributed by atoms with Crippen LogP contribution in [0, 0.1) is 0 Å². The van der Waals surface area contributed by atoms with Gasteiger partial charge in [0, 0.05) is 0 Å². The van der Waals surface area contributed by atoms with Gasteiger partial charge in [0.05, 0.1) is 34.8 Å². The Balaban J connectivity index is 2.33. The number of imide groups is 1. The van der Waals surface area contributed by atoms with E-state index in [0.29, 0.717) is 17.1 Å². The number of urea groups is 1. The Morgan fingerprint density at radius 2 is 1.52 bits per heavy atom. The number of halogens is 3. The van der Waals surface area contributed by atoms with Crippen LogP contribution in [0.1, 0.15) is 61.3 Å². The van der Waals surface area contributed by atoms with Crippen LogP contribution in [0.15, 0.2) is 6.07 Å². The molecule has 11 heteroatoms. The van der Waals surface area contributed by atoms with Gasteiger partial charge in [0.15, 0.2) is 0 Å². The van der Waals surface area contributed by atoms with E-state index < -0.39 is 11.9 Å². The number of aromatic nitrogens is 3. The van der Waals surface area contributed by atoms with Crippen molar-refractivity contribution in [2.75, 3.05) is 12.4 Å². The van der Waals surface area contributed by atoms with E-state index in [4.69, 9.17) is 39.5 Å². The lowest BCUT2D eigenvalue weighted by Crippen LogP contribution is -2.35. The van der Waals surface area contributed by atoms with Crippen molar-refractivity contribution in [2.45, 2.75) is 39.5 Å². The van der Waals surface area contributed by atoms with Gasteiger partial charge in [-0.25, -0.2) is 9.78 Å². The Hall–Kier alpha value is -2.16. The van der Waals surface area contributed by atoms with Gasteiger partial charge in [0.1, 0.15) is 10.3 Å². The van der Waals surface area contributed by atoms with Gasteiger partial charge < -0.3 is 10.1 Å². The van der Waals surface area contributed by atoms with Gasteiger partial charge in [0.25, 0.3) is 5.91 Å². The van der Waals surface area contributed by atoms with E-state index in [2.05, 4.69) is 25.6 Å². The fourth-order valence-electron chi connectivity index (χ4n) is 2.45. The number of nitrogens with zero attached hydrogens (tertiary/aromatic N) is 3. The van der Waals surface area contributed by atoms with E-state index in [1.807, 2.05) is 27.7 Å². The molecular weight excluding hydrogens is 441 g/mol. The molecule has 0 spiro atoms. The molecule has 0 aliphatic heterocycles. The first kappa shape index (κ1) is 23.1. The summed E-state index contributed by atoms with van der Waals surface area (Å²) in [6, 6.07) is 0.653. The van der Waals surface area contributed by atoms with Crippen molar-refractivity contribution < 1.29 is 14.3 Å². The zero-order valence-electron chi connectivity index (χ0n) is 16.4. The molecular formula is C18H20Cl3N5O3. The zero-order chi connectivity index (χ0) is 21.9. The summed E-state index contributed by atoms with van der Waals surface area (Å²) in [6.07, 6.45) is 0. The molecule has 156 valence electrons. The molecule has 29 heavy (non-hydrogen) atoms. The smallest absolute Gasteiger partial charge is 0.326 e. The highest BCUT2D eigenvalue weighted by atomic mass is 35.5. The number of ether oxygens (including phenoxy) is 1. The Morgan fingerprint density at radius 3 is 2.00 bits per heavy atom. The van der Waals surface area contributed by atoms with E-state index in [1.54, 1.807) is 0 Å². The summed E-state index contributed by atoms with van der Waals surface area (Å²) < 4.78 is 5.16. The van der Waals surface area contributed by atoms with E-state index in [0.717, 1.165) is 0 Å². The third kappa shape index (κ3) is 5.46. The van der Waals surface area contributed by atoms with Gasteiger partial charge in [0.2, 0.25) is 0 Å². The van der Waals surface area contributed by atoms with Gasteiger partial charge in [-0.3, -0.25) is 10.1 Å². The van der Waals surface area contributed by atoms with Gasteiger partial charge in [-0.05, 0) is 17.9 Å². The predicted octanol–water partition coefficient (Wildman–Crippen LogP) is 5.05. The van der Waals surface area contributed by atoms with Crippen LogP contribution in [0.2, 0.25) is 15.3 Å². The van der Waals surface area contributed by atoms with Gasteiger partial charge in [-0.15, -0.1) is 0 Å². The number of anilines is 1. The number of hydrogen-bond donors (Lipinski definition) is 2. The second-order valence-corrected chi connectivity index (χ2v) is 7.80. The van der Waals surface area contributed by atoms with Crippen molar-refractivity contribution in [3.63, 3.8) is 0 Å². The lowest BCUT2D eigenvalue weighted by Gasteiger charge is -2.19. The normalized spacial score (nSPS) is 11.0. The third-order valence-electron chi connectivity index (χ3n) is 3.82. The number of carbonyl (C=O) groups is 2. The second kappa shape index (κ2) is 9.56. The molecule has 0 aliphatic carbocycles. The van der Waals surface area contributed by atoms with Crippen molar-refractivity contribution in [3.05, 3.63) is 38.3 Å². The second-order valence-electron chi connectivity index (χ2n) is 6.67. The lowest BCUT2D eigenvalue weighted by atomic mass is 10.0. The first-order valence-corrected chi connectivity index (χ1v) is 9.78. The van der Waals surface area contributed by atoms with Crippen molar-refractivity contribution in [3.8, 4) is 6.01 Å². The van der Waals surface area contributed by atoms with E-state index >= 15 is 0 Å². The fraction of sp³-hybridized carbons (Fsp3) is 0.389. The Bertz CT molecular complexity index is 922. The summed E-state index contributed by atoms with van der Waals surface area (Å²) in [4.78, 5) is 37.4. The van der Waals surface area contributed by atoms with Crippen molar-refractivity contribution in [1.29, 1.82) is 0 Å². The van der Waals surface area contributed by atoms with Crippen molar-refractivity contribution in [2.24, 2.45) is 0 Å². The molecule has 2 heterocycles. The molecule has 0 aliphatic rings. The molecule has 0 atom stereocenters. The monoisotopic (exact) mass is 459 g/mol. The quantitative estimate of drug-likeness (QED) is 0.605. The summed E-state index contributed by atoms with van der Waals surface area (Å²) in [5.74, 6) is -0.863. The number of rotatable bonds is 5. The zero-order valence-corrected chi connectivity index (χ0v) is 18.7. The average Bonchev–Trinajstić information content (AvgIpc) is 2.64. The largest absolute Gasteiger partial charge is 0.467 e. The van der Waals surface area contributed by atoms with E-state index in [-0.39, 0.29) is 38.7 Å². The minimum absolute atomic E-state index is 0.0365. The van der Waals surface area contributed by atoms with Gasteiger partial charge in [-0.1, -0.05) is 62.5 Å². The number of pyridine rings is 1. The van der Waals surface area contributed by atoms with Crippen molar-refractivity contribution >= 4 is 52.4 Å². The number of amides is 3. The van der Waals surface area contributed by atoms with Gasteiger partial charge in [-0.2, -0.15) is 9.97 Å². The molecule has 0 unspecified atom stereocenters. The summed E-state index contributed by atoms with van der Waals surface area (Å²) in [5, 5.41) is 4.67. The van der Waals surface area contributed by atoms with Crippen LogP contribution in [0.3, 0.4) is 0 Å². The number of carbonyl (C=O) groups excluding carboxylic acids is 2. The molecule has 0 fully saturated rings. The molecule has 0 bridgehead atoms. The Kier molecular flexibility index (Phi) is 7.62. The number of methoxy groups -OCH3 is 1. The lowest BCUT2D eigenvalue weighted by molar-refractivity contribution is 0.0967. The molecule has 0 aromatic carbocycles. The van der Waals surface area contributed by atoms with Crippen LogP contribution < -0.4 is 15.4 Å². The Labute approximate surface area is 183 Å². The molecule has 0 radical (unpaired) electrons. The SMILES string of the molecule is COc1nc(C(C)C)c(NC(=O)NC(=O)c2cc(Cl)c(Cl)nc2Cl)c(C(C)C)n1. The molecule has 2 rings (SSSR count). The topological polar surface area (TPSA) is 106 Å². The highest BCUT2D eigenvalue weighted by Gasteiger charge is 2.23. The van der Waals surface area contributed by atoms with Crippen LogP contribution in [0.25, 0.3) is 0 Å². The molecule has 8 nitrogen and oxygen atoms in total. The summed E-state index contributed by atoms with van der Waals surface area (Å²) in [5.41, 5.74) is 1.49. The molecule has 3 amide bonds. The van der Waals surface area contributed by atoms with Crippen molar-refractivity contribution in [1.82, 2.24) is 20.3 Å². The molecule has 2 N–H and O–H groups in total. The van der Waals surface area contributed by atoms with Crippen LogP contribution >= 0.6 is 34.8 Å². The fourth-order valence-corrected chi connectivity index (χ4v) is 3.01. The molecule has 2 aromatic heterocycles. The number of nitrogens with one attached hydrogen (secondary N) is 2. The van der Waals surface area contributed by atoms with E-state index in [9.17, 15) is 9.59 Å². The molecule has 0 saturated heterocycles. The van der Waals surface area contributed by atoms with Crippen LogP contribution in [0.5, 0.6) is 6.01 Å². The minimum atomic E-state index is -0.787. The summed E-state index contributed by atoms with van der Waals surface area (Å²) in [6.45, 7) is 7.67. The van der Waals surface area contributed by atoms with Crippen LogP contribution in [-0.4, -0.2) is 34.0 Å². The van der Waals surface area contributed by atoms with E-state index in [1.165, 1.54) is 13.2 Å². The Morgan fingerprint density at radius 1 is 0.966 bits per heavy atom. The first-order valence-electron chi connectivity index (χ1n) is 8.64. The summed E-state index contributed by atoms with van der Waals surface area (Å²) in [7, 11) is 1.47. The highest BCUT2D eigenvalue weighted by molar-refractivity contribution is 6.42. The summed E-state index contributed by atoms with van der Waals surface area (Å²) >= 11 is 17.6. The molecule has 0 saturated carbocycles. The maximum atomic E-state index is 12.5. The van der Waals surface area contributed by atoms with Gasteiger partial charge >= 0.3 is 12.0 Å². The van der Waals surface area contributed by atoms with Crippen LogP contribution in [0.4, 0.5) is 10.5 Å². The highest BCUT2D eigenvalue weighted by Crippen LogP contribution is 2.31. The standard InChI is InChI=1S/C18H20Cl3N5O3/c1-7(2)11-13(12(8(3)4)24-18(23-11)29-5)22-17(28)26-16(27)9-6-10(19)15(21)25-14(9)20/h6-8H,1-5H3,(H2,22,26,27,28). The van der Waals surface area contributed by atoms with Crippen LogP contribution in [-0.2, 0) is 0 Å². The molecule has 2 aromatic rings. The minimum Gasteiger partial charge on any atom is -0.467 e. The average molecular weight is 461 g/mol. The number of hydrogen-bond acceptors (Lipinski definition) is 6. The maximum Gasteiger partial charge on any atom is 0.326 e. The maximum absolute atomic E-state index is 12.5. The third-order valence-corrected chi connectivity index (χ3v) is 4.78. The first-order chi connectivity index (χ1) is 13.5. The predicted molar refractivity (Wildman–Crippen MR) is 113 cm³/mol.